The summed E-state index contributed by atoms with van der Waals surface area (Å²) in [5.74, 6) is -1.50. The van der Waals surface area contributed by atoms with Gasteiger partial charge >= 0.3 is 0 Å². The van der Waals surface area contributed by atoms with E-state index in [0.29, 0.717) is 0 Å². The van der Waals surface area contributed by atoms with Crippen LogP contribution in [0.3, 0.4) is 0 Å². The SMILES string of the molecule is CNC(=O)c1ccc(F)c(S(N)(=O)=O)c1. The van der Waals surface area contributed by atoms with Crippen molar-refractivity contribution in [2.75, 3.05) is 7.05 Å². The van der Waals surface area contributed by atoms with Crippen molar-refractivity contribution in [3.05, 3.63) is 29.6 Å². The molecule has 1 aromatic carbocycles. The summed E-state index contributed by atoms with van der Waals surface area (Å²) in [5, 5.41) is 7.05. The summed E-state index contributed by atoms with van der Waals surface area (Å²) >= 11 is 0. The highest BCUT2D eigenvalue weighted by Gasteiger charge is 2.16. The van der Waals surface area contributed by atoms with E-state index in [4.69, 9.17) is 5.14 Å². The number of rotatable bonds is 2. The van der Waals surface area contributed by atoms with Crippen molar-refractivity contribution >= 4 is 15.9 Å². The lowest BCUT2D eigenvalue weighted by Crippen LogP contribution is -2.20. The zero-order valence-electron chi connectivity index (χ0n) is 7.82. The van der Waals surface area contributed by atoms with Gasteiger partial charge in [-0.2, -0.15) is 0 Å². The summed E-state index contributed by atoms with van der Waals surface area (Å²) in [6, 6.07) is 2.94. The zero-order chi connectivity index (χ0) is 11.6. The Morgan fingerprint density at radius 1 is 1.47 bits per heavy atom. The average Bonchev–Trinajstić information content (AvgIpc) is 2.15. The molecule has 0 bridgehead atoms. The van der Waals surface area contributed by atoms with E-state index in [1.54, 1.807) is 0 Å². The minimum Gasteiger partial charge on any atom is -0.355 e. The molecular formula is C8H9FN2O3S. The Morgan fingerprint density at radius 3 is 2.53 bits per heavy atom. The molecule has 3 N–H and O–H groups in total. The van der Waals surface area contributed by atoms with E-state index >= 15 is 0 Å². The summed E-state index contributed by atoms with van der Waals surface area (Å²) in [6.45, 7) is 0. The van der Waals surface area contributed by atoms with Crippen LogP contribution in [0.1, 0.15) is 10.4 Å². The highest BCUT2D eigenvalue weighted by Crippen LogP contribution is 2.14. The Hall–Kier alpha value is -1.47. The number of carbonyl (C=O) groups is 1. The molecule has 0 saturated heterocycles. The fourth-order valence-corrected chi connectivity index (χ4v) is 1.64. The quantitative estimate of drug-likeness (QED) is 0.742. The minimum atomic E-state index is -4.15. The Kier molecular flexibility index (Phi) is 3.06. The summed E-state index contributed by atoms with van der Waals surface area (Å²) in [5.41, 5.74) is 0.0305. The predicted molar refractivity (Wildman–Crippen MR) is 51.2 cm³/mol. The van der Waals surface area contributed by atoms with Gasteiger partial charge in [0.15, 0.2) is 0 Å². The predicted octanol–water partition coefficient (Wildman–Crippen LogP) is -0.167. The summed E-state index contributed by atoms with van der Waals surface area (Å²) in [4.78, 5) is 10.4. The van der Waals surface area contributed by atoms with Crippen molar-refractivity contribution in [3.8, 4) is 0 Å². The second-order valence-corrected chi connectivity index (χ2v) is 4.30. The van der Waals surface area contributed by atoms with Gasteiger partial charge in [0.2, 0.25) is 10.0 Å². The Balaban J connectivity index is 3.36. The number of halogens is 1. The molecule has 0 radical (unpaired) electrons. The molecule has 0 saturated carbocycles. The maximum Gasteiger partial charge on any atom is 0.251 e. The number of amides is 1. The normalized spacial score (nSPS) is 11.1. The van der Waals surface area contributed by atoms with Crippen LogP contribution >= 0.6 is 0 Å². The molecule has 0 fully saturated rings. The third-order valence-electron chi connectivity index (χ3n) is 1.73. The van der Waals surface area contributed by atoms with Crippen molar-refractivity contribution in [3.63, 3.8) is 0 Å². The molecule has 0 atom stereocenters. The van der Waals surface area contributed by atoms with E-state index < -0.39 is 26.6 Å². The number of hydrogen-bond acceptors (Lipinski definition) is 3. The molecule has 0 unspecified atom stereocenters. The van der Waals surface area contributed by atoms with Crippen LogP contribution in [0.25, 0.3) is 0 Å². The van der Waals surface area contributed by atoms with Gasteiger partial charge in [0.25, 0.3) is 5.91 Å². The number of nitrogens with two attached hydrogens (primary N) is 1. The molecule has 0 aliphatic carbocycles. The third-order valence-corrected chi connectivity index (χ3v) is 2.65. The van der Waals surface area contributed by atoms with Gasteiger partial charge in [-0.3, -0.25) is 4.79 Å². The minimum absolute atomic E-state index is 0.0305. The smallest absolute Gasteiger partial charge is 0.251 e. The maximum atomic E-state index is 13.0. The van der Waals surface area contributed by atoms with Gasteiger partial charge in [0.05, 0.1) is 0 Å². The first-order valence-corrected chi connectivity index (χ1v) is 5.45. The highest BCUT2D eigenvalue weighted by molar-refractivity contribution is 7.89. The molecule has 0 heterocycles. The lowest BCUT2D eigenvalue weighted by atomic mass is 10.2. The van der Waals surface area contributed by atoms with E-state index in [2.05, 4.69) is 5.32 Å². The number of hydrogen-bond donors (Lipinski definition) is 2. The van der Waals surface area contributed by atoms with Gasteiger partial charge in [-0.1, -0.05) is 0 Å². The van der Waals surface area contributed by atoms with E-state index in [1.807, 2.05) is 0 Å². The molecule has 82 valence electrons. The van der Waals surface area contributed by atoms with Crippen LogP contribution in [0.15, 0.2) is 23.1 Å². The molecule has 0 aliphatic rings. The number of nitrogens with one attached hydrogen (secondary N) is 1. The third kappa shape index (κ3) is 2.51. The number of primary sulfonamides is 1. The monoisotopic (exact) mass is 232 g/mol. The Labute approximate surface area is 86.1 Å². The van der Waals surface area contributed by atoms with Crippen molar-refractivity contribution in [1.82, 2.24) is 5.32 Å². The van der Waals surface area contributed by atoms with E-state index in [9.17, 15) is 17.6 Å². The second kappa shape index (κ2) is 3.95. The van der Waals surface area contributed by atoms with Gasteiger partial charge in [0, 0.05) is 12.6 Å². The van der Waals surface area contributed by atoms with Crippen LogP contribution in [0.2, 0.25) is 0 Å². The molecule has 0 spiro atoms. The van der Waals surface area contributed by atoms with Crippen molar-refractivity contribution in [2.24, 2.45) is 5.14 Å². The van der Waals surface area contributed by atoms with Crippen LogP contribution < -0.4 is 10.5 Å². The summed E-state index contributed by atoms with van der Waals surface area (Å²) in [7, 11) is -2.78. The average molecular weight is 232 g/mol. The number of sulfonamides is 1. The van der Waals surface area contributed by atoms with Gasteiger partial charge < -0.3 is 5.32 Å². The Morgan fingerprint density at radius 2 is 2.07 bits per heavy atom. The number of carbonyl (C=O) groups excluding carboxylic acids is 1. The first-order chi connectivity index (χ1) is 6.86. The standard InChI is InChI=1S/C8H9FN2O3S/c1-11-8(12)5-2-3-6(9)7(4-5)15(10,13)14/h2-4H,1H3,(H,11,12)(H2,10,13,14). The second-order valence-electron chi connectivity index (χ2n) is 2.77. The van der Waals surface area contributed by atoms with E-state index in [-0.39, 0.29) is 5.56 Å². The van der Waals surface area contributed by atoms with Crippen LogP contribution in [0.5, 0.6) is 0 Å². The first kappa shape index (κ1) is 11.6. The molecule has 15 heavy (non-hydrogen) atoms. The fourth-order valence-electron chi connectivity index (χ4n) is 1.01. The van der Waals surface area contributed by atoms with Crippen molar-refractivity contribution < 1.29 is 17.6 Å². The van der Waals surface area contributed by atoms with Crippen molar-refractivity contribution in [1.29, 1.82) is 0 Å². The highest BCUT2D eigenvalue weighted by atomic mass is 32.2. The molecule has 0 aromatic heterocycles. The molecule has 5 nitrogen and oxygen atoms in total. The molecule has 7 heteroatoms. The lowest BCUT2D eigenvalue weighted by Gasteiger charge is -2.03. The van der Waals surface area contributed by atoms with Crippen molar-refractivity contribution in [2.45, 2.75) is 4.90 Å². The first-order valence-electron chi connectivity index (χ1n) is 3.90. The van der Waals surface area contributed by atoms with Crippen LogP contribution in [-0.4, -0.2) is 21.4 Å². The Bertz CT molecular complexity index is 499. The van der Waals surface area contributed by atoms with Gasteiger partial charge in [-0.15, -0.1) is 0 Å². The fraction of sp³-hybridized carbons (Fsp3) is 0.125. The van der Waals surface area contributed by atoms with Crippen LogP contribution in [-0.2, 0) is 10.0 Å². The number of benzene rings is 1. The summed E-state index contributed by atoms with van der Waals surface area (Å²) in [6.07, 6.45) is 0. The lowest BCUT2D eigenvalue weighted by molar-refractivity contribution is 0.0963. The van der Waals surface area contributed by atoms with Gasteiger partial charge in [-0.05, 0) is 18.2 Å². The molecule has 1 amide bonds. The van der Waals surface area contributed by atoms with E-state index in [0.717, 1.165) is 12.1 Å². The topological polar surface area (TPSA) is 89.3 Å². The summed E-state index contributed by atoms with van der Waals surface area (Å²) < 4.78 is 34.9. The van der Waals surface area contributed by atoms with E-state index in [1.165, 1.54) is 13.1 Å². The molecular weight excluding hydrogens is 223 g/mol. The molecule has 1 aromatic rings. The van der Waals surface area contributed by atoms with Crippen LogP contribution in [0, 0.1) is 5.82 Å². The van der Waals surface area contributed by atoms with Gasteiger partial charge in [0.1, 0.15) is 10.7 Å². The molecule has 1 rings (SSSR count). The largest absolute Gasteiger partial charge is 0.355 e. The zero-order valence-corrected chi connectivity index (χ0v) is 8.64. The molecule has 0 aliphatic heterocycles. The van der Waals surface area contributed by atoms with Gasteiger partial charge in [-0.25, -0.2) is 17.9 Å². The maximum absolute atomic E-state index is 13.0. The van der Waals surface area contributed by atoms with Crippen LogP contribution in [0.4, 0.5) is 4.39 Å².